The topological polar surface area (TPSA) is 65.4 Å². The van der Waals surface area contributed by atoms with Gasteiger partial charge in [-0.2, -0.15) is 0 Å². The van der Waals surface area contributed by atoms with Crippen LogP contribution >= 0.6 is 0 Å². The Morgan fingerprint density at radius 1 is 1.13 bits per heavy atom. The molecule has 2 aliphatic heterocycles. The molecule has 166 valence electrons. The molecule has 2 heterocycles. The fourth-order valence-corrected chi connectivity index (χ4v) is 4.18. The van der Waals surface area contributed by atoms with Crippen LogP contribution in [0.2, 0.25) is 0 Å². The molecule has 31 heavy (non-hydrogen) atoms. The molecule has 1 saturated heterocycles. The summed E-state index contributed by atoms with van der Waals surface area (Å²) in [5.41, 5.74) is 3.74. The van der Waals surface area contributed by atoms with Crippen LogP contribution in [-0.4, -0.2) is 43.3 Å². The number of ether oxygens (including phenoxy) is 1. The third kappa shape index (κ3) is 5.16. The number of nitrogens with one attached hydrogen (secondary N) is 2. The van der Waals surface area contributed by atoms with Crippen LogP contribution in [0.4, 0.5) is 5.69 Å². The highest BCUT2D eigenvalue weighted by atomic mass is 16.5. The number of hydrogen-bond donors (Lipinski definition) is 2. The molecule has 0 aliphatic carbocycles. The molecule has 0 unspecified atom stereocenters. The lowest BCUT2D eigenvalue weighted by Gasteiger charge is -2.37. The van der Waals surface area contributed by atoms with Gasteiger partial charge in [0, 0.05) is 18.4 Å². The van der Waals surface area contributed by atoms with Crippen molar-refractivity contribution in [1.82, 2.24) is 4.90 Å². The number of benzene rings is 2. The number of carbonyl (C=O) groups is 1. The van der Waals surface area contributed by atoms with Crippen molar-refractivity contribution in [2.24, 2.45) is 0 Å². The molecule has 2 aromatic carbocycles. The molecule has 2 aromatic rings. The van der Waals surface area contributed by atoms with Crippen molar-refractivity contribution in [3.63, 3.8) is 0 Å². The van der Waals surface area contributed by atoms with E-state index in [1.54, 1.807) is 0 Å². The molecule has 4 rings (SSSR count). The van der Waals surface area contributed by atoms with Gasteiger partial charge < -0.3 is 15.5 Å². The molecule has 0 aromatic heterocycles. The monoisotopic (exact) mass is 421 g/mol. The summed E-state index contributed by atoms with van der Waals surface area (Å²) >= 11 is 0. The van der Waals surface area contributed by atoms with E-state index >= 15 is 0 Å². The molecule has 0 radical (unpaired) electrons. The number of para-hydroxylation sites is 1. The normalized spacial score (nSPS) is 16.8. The highest BCUT2D eigenvalue weighted by Gasteiger charge is 2.48. The van der Waals surface area contributed by atoms with E-state index in [1.165, 1.54) is 19.1 Å². The van der Waals surface area contributed by atoms with E-state index in [1.807, 2.05) is 43.3 Å². The Morgan fingerprint density at radius 3 is 2.52 bits per heavy atom. The third-order valence-electron chi connectivity index (χ3n) is 6.42. The zero-order valence-corrected chi connectivity index (χ0v) is 19.0. The summed E-state index contributed by atoms with van der Waals surface area (Å²) in [6, 6.07) is 13.9. The first kappa shape index (κ1) is 23.0. The van der Waals surface area contributed by atoms with E-state index in [9.17, 15) is 4.79 Å². The van der Waals surface area contributed by atoms with Crippen molar-refractivity contribution in [3.05, 3.63) is 59.2 Å². The molecule has 1 fully saturated rings. The van der Waals surface area contributed by atoms with Crippen LogP contribution in [-0.2, 0) is 10.2 Å². The second-order valence-electron chi connectivity index (χ2n) is 8.43. The Bertz CT molecular complexity index is 899. The Labute approximate surface area is 186 Å². The minimum atomic E-state index is -0.357. The number of likely N-dealkylation sites (tertiary alicyclic amines) is 1. The number of aryl methyl sites for hydroxylation is 1. The second-order valence-corrected chi connectivity index (χ2v) is 8.43. The standard InChI is InChI=1S/C22H25N3O2.C4H10/c1-16-6-7-18(14-17(16)15-23)27-13-12-25-10-8-22(9-11-25)19-4-2-3-5-20(19)24-21(22)26;1-3-4-2/h2-7,14-15,23H,8-13H2,1H3,(H,24,26);3-4H2,1-2H3. The number of nitrogens with zero attached hydrogens (tertiary/aromatic N) is 1. The van der Waals surface area contributed by atoms with Crippen molar-refractivity contribution in [3.8, 4) is 5.75 Å². The van der Waals surface area contributed by atoms with Crippen molar-refractivity contribution >= 4 is 17.8 Å². The van der Waals surface area contributed by atoms with Gasteiger partial charge >= 0.3 is 0 Å². The molecule has 1 spiro atoms. The van der Waals surface area contributed by atoms with E-state index in [4.69, 9.17) is 10.1 Å². The first-order valence-electron chi connectivity index (χ1n) is 11.4. The van der Waals surface area contributed by atoms with Crippen LogP contribution in [0, 0.1) is 12.3 Å². The Balaban J connectivity index is 0.000000628. The SMILES string of the molecule is CCCC.Cc1ccc(OCCN2CCC3(CC2)C(=O)Nc2ccccc23)cc1C=N. The molecule has 5 nitrogen and oxygen atoms in total. The van der Waals surface area contributed by atoms with Crippen LogP contribution in [0.3, 0.4) is 0 Å². The maximum atomic E-state index is 12.6. The van der Waals surface area contributed by atoms with Gasteiger partial charge in [-0.1, -0.05) is 51.0 Å². The molecule has 1 amide bonds. The third-order valence-corrected chi connectivity index (χ3v) is 6.42. The van der Waals surface area contributed by atoms with E-state index in [-0.39, 0.29) is 11.3 Å². The lowest BCUT2D eigenvalue weighted by Crippen LogP contribution is -2.47. The van der Waals surface area contributed by atoms with Crippen LogP contribution in [0.5, 0.6) is 5.75 Å². The molecular formula is C26H35N3O2. The lowest BCUT2D eigenvalue weighted by atomic mass is 9.74. The maximum Gasteiger partial charge on any atom is 0.235 e. The minimum Gasteiger partial charge on any atom is -0.492 e. The molecule has 0 atom stereocenters. The fourth-order valence-electron chi connectivity index (χ4n) is 4.18. The van der Waals surface area contributed by atoms with Crippen molar-refractivity contribution in [1.29, 1.82) is 5.41 Å². The first-order valence-corrected chi connectivity index (χ1v) is 11.4. The average Bonchev–Trinajstić information content (AvgIpc) is 3.07. The van der Waals surface area contributed by atoms with Gasteiger partial charge in [0.15, 0.2) is 0 Å². The number of rotatable bonds is 6. The van der Waals surface area contributed by atoms with E-state index < -0.39 is 0 Å². The summed E-state index contributed by atoms with van der Waals surface area (Å²) in [6.07, 6.45) is 5.69. The lowest BCUT2D eigenvalue weighted by molar-refractivity contribution is -0.122. The van der Waals surface area contributed by atoms with Gasteiger partial charge in [0.05, 0.1) is 5.41 Å². The number of hydrogen-bond acceptors (Lipinski definition) is 4. The van der Waals surface area contributed by atoms with E-state index in [0.29, 0.717) is 6.61 Å². The van der Waals surface area contributed by atoms with Gasteiger partial charge in [-0.25, -0.2) is 0 Å². The van der Waals surface area contributed by atoms with Crippen molar-refractivity contribution in [2.45, 2.75) is 51.9 Å². The molecular weight excluding hydrogens is 386 g/mol. The predicted molar refractivity (Wildman–Crippen MR) is 128 cm³/mol. The second kappa shape index (κ2) is 10.6. The van der Waals surface area contributed by atoms with E-state index in [2.05, 4.69) is 30.1 Å². The summed E-state index contributed by atoms with van der Waals surface area (Å²) in [4.78, 5) is 15.0. The van der Waals surface area contributed by atoms with Crippen LogP contribution in [0.15, 0.2) is 42.5 Å². The van der Waals surface area contributed by atoms with Crippen LogP contribution in [0.1, 0.15) is 56.2 Å². The Hall–Kier alpha value is -2.66. The molecule has 0 saturated carbocycles. The smallest absolute Gasteiger partial charge is 0.235 e. The number of unbranched alkanes of at least 4 members (excludes halogenated alkanes) is 1. The highest BCUT2D eigenvalue weighted by molar-refractivity contribution is 6.06. The Morgan fingerprint density at radius 2 is 1.84 bits per heavy atom. The summed E-state index contributed by atoms with van der Waals surface area (Å²) in [5.74, 6) is 0.954. The largest absolute Gasteiger partial charge is 0.492 e. The van der Waals surface area contributed by atoms with Gasteiger partial charge in [-0.3, -0.25) is 9.69 Å². The number of anilines is 1. The highest BCUT2D eigenvalue weighted by Crippen LogP contribution is 2.44. The number of amides is 1. The predicted octanol–water partition coefficient (Wildman–Crippen LogP) is 5.16. The van der Waals surface area contributed by atoms with Crippen LogP contribution in [0.25, 0.3) is 0 Å². The molecule has 0 bridgehead atoms. The zero-order chi connectivity index (χ0) is 22.3. The fraction of sp³-hybridized carbons (Fsp3) is 0.462. The van der Waals surface area contributed by atoms with Crippen molar-refractivity contribution < 1.29 is 9.53 Å². The van der Waals surface area contributed by atoms with E-state index in [0.717, 1.165) is 60.6 Å². The van der Waals surface area contributed by atoms with Crippen molar-refractivity contribution in [2.75, 3.05) is 31.6 Å². The van der Waals surface area contributed by atoms with Gasteiger partial charge in [0.1, 0.15) is 12.4 Å². The first-order chi connectivity index (χ1) is 15.0. The number of piperidine rings is 1. The average molecular weight is 422 g/mol. The minimum absolute atomic E-state index is 0.151. The zero-order valence-electron chi connectivity index (χ0n) is 19.0. The molecule has 2 N–H and O–H groups in total. The van der Waals surface area contributed by atoms with Gasteiger partial charge in [-0.05, 0) is 67.7 Å². The number of carbonyl (C=O) groups excluding carboxylic acids is 1. The van der Waals surface area contributed by atoms with Gasteiger partial charge in [0.25, 0.3) is 0 Å². The summed E-state index contributed by atoms with van der Waals surface area (Å²) in [7, 11) is 0. The maximum absolute atomic E-state index is 12.6. The van der Waals surface area contributed by atoms with Crippen LogP contribution < -0.4 is 10.1 Å². The molecule has 2 aliphatic rings. The Kier molecular flexibility index (Phi) is 7.85. The number of fused-ring (bicyclic) bond motifs is 2. The van der Waals surface area contributed by atoms with Gasteiger partial charge in [0.2, 0.25) is 5.91 Å². The summed E-state index contributed by atoms with van der Waals surface area (Å²) < 4.78 is 5.88. The molecule has 5 heteroatoms. The summed E-state index contributed by atoms with van der Waals surface area (Å²) in [5, 5.41) is 10.5. The summed E-state index contributed by atoms with van der Waals surface area (Å²) in [6.45, 7) is 9.59. The van der Waals surface area contributed by atoms with Gasteiger partial charge in [-0.15, -0.1) is 0 Å². The quantitative estimate of drug-likeness (QED) is 0.633.